The highest BCUT2D eigenvalue weighted by molar-refractivity contribution is 5.67. The monoisotopic (exact) mass is 540 g/mol. The molecule has 0 spiro atoms. The molecule has 0 aliphatic carbocycles. The molecular formula is C29H38F2N6O2. The van der Waals surface area contributed by atoms with E-state index in [0.29, 0.717) is 17.7 Å². The van der Waals surface area contributed by atoms with Crippen molar-refractivity contribution in [2.75, 3.05) is 64.1 Å². The fourth-order valence-electron chi connectivity index (χ4n) is 4.78. The molecule has 1 aliphatic heterocycles. The van der Waals surface area contributed by atoms with Gasteiger partial charge in [0.05, 0.1) is 30.8 Å². The summed E-state index contributed by atoms with van der Waals surface area (Å²) in [6.45, 7) is 7.45. The molecule has 1 fully saturated rings. The molecule has 4 rings (SSSR count). The van der Waals surface area contributed by atoms with Crippen LogP contribution in [0.1, 0.15) is 25.3 Å². The molecule has 1 aromatic heterocycles. The quantitative estimate of drug-likeness (QED) is 0.347. The maximum absolute atomic E-state index is 13.8. The van der Waals surface area contributed by atoms with Crippen LogP contribution in [-0.2, 0) is 6.61 Å². The number of benzene rings is 2. The molecule has 1 atom stereocenters. The van der Waals surface area contributed by atoms with Gasteiger partial charge in [-0.2, -0.15) is 0 Å². The van der Waals surface area contributed by atoms with E-state index in [4.69, 9.17) is 9.47 Å². The molecule has 1 aliphatic rings. The molecule has 0 bridgehead atoms. The third kappa shape index (κ3) is 7.54. The SMILES string of the molecule is CCC(CCN(C)c1ccc(Nc2ncc(OCc3c(F)cccc3F)cn2)cc1OC)N1CCN(C)CC1. The van der Waals surface area contributed by atoms with Crippen molar-refractivity contribution in [1.82, 2.24) is 19.8 Å². The van der Waals surface area contributed by atoms with E-state index in [1.165, 1.54) is 30.6 Å². The number of methoxy groups -OCH3 is 1. The van der Waals surface area contributed by atoms with Gasteiger partial charge in [0.2, 0.25) is 5.95 Å². The molecule has 0 amide bonds. The van der Waals surface area contributed by atoms with Crippen LogP contribution in [0.2, 0.25) is 0 Å². The molecule has 2 aromatic carbocycles. The normalized spacial score (nSPS) is 15.1. The number of nitrogens with zero attached hydrogens (tertiary/aromatic N) is 5. The Bertz CT molecular complexity index is 1180. The second-order valence-electron chi connectivity index (χ2n) is 9.85. The van der Waals surface area contributed by atoms with Crippen LogP contribution >= 0.6 is 0 Å². The van der Waals surface area contributed by atoms with Crippen LogP contribution in [0.3, 0.4) is 0 Å². The van der Waals surface area contributed by atoms with Gasteiger partial charge in [-0.25, -0.2) is 18.7 Å². The second-order valence-corrected chi connectivity index (χ2v) is 9.85. The third-order valence-corrected chi connectivity index (χ3v) is 7.24. The van der Waals surface area contributed by atoms with E-state index in [-0.39, 0.29) is 12.2 Å². The maximum Gasteiger partial charge on any atom is 0.227 e. The molecule has 1 saturated heterocycles. The largest absolute Gasteiger partial charge is 0.495 e. The molecule has 1 N–H and O–H groups in total. The minimum Gasteiger partial charge on any atom is -0.495 e. The molecule has 39 heavy (non-hydrogen) atoms. The summed E-state index contributed by atoms with van der Waals surface area (Å²) in [5.41, 5.74) is 1.65. The van der Waals surface area contributed by atoms with Crippen molar-refractivity contribution in [1.29, 1.82) is 0 Å². The van der Waals surface area contributed by atoms with Gasteiger partial charge in [0.15, 0.2) is 5.75 Å². The Hall–Kier alpha value is -3.50. The predicted molar refractivity (Wildman–Crippen MR) is 150 cm³/mol. The lowest BCUT2D eigenvalue weighted by molar-refractivity contribution is 0.105. The fraction of sp³-hybridized carbons (Fsp3) is 0.448. The van der Waals surface area contributed by atoms with E-state index < -0.39 is 11.6 Å². The van der Waals surface area contributed by atoms with Crippen molar-refractivity contribution in [3.05, 3.63) is 66.0 Å². The van der Waals surface area contributed by atoms with Gasteiger partial charge >= 0.3 is 0 Å². The summed E-state index contributed by atoms with van der Waals surface area (Å²) in [6.07, 6.45) is 5.14. The van der Waals surface area contributed by atoms with Crippen LogP contribution < -0.4 is 19.7 Å². The highest BCUT2D eigenvalue weighted by atomic mass is 19.1. The topological polar surface area (TPSA) is 66.0 Å². The average molecular weight is 541 g/mol. The summed E-state index contributed by atoms with van der Waals surface area (Å²) < 4.78 is 38.8. The van der Waals surface area contributed by atoms with Gasteiger partial charge < -0.3 is 24.6 Å². The summed E-state index contributed by atoms with van der Waals surface area (Å²) in [5.74, 6) is 0.109. The van der Waals surface area contributed by atoms with E-state index in [1.807, 2.05) is 18.2 Å². The molecule has 10 heteroatoms. The van der Waals surface area contributed by atoms with Crippen molar-refractivity contribution in [2.45, 2.75) is 32.4 Å². The summed E-state index contributed by atoms with van der Waals surface area (Å²) in [5, 5.41) is 3.16. The lowest BCUT2D eigenvalue weighted by Crippen LogP contribution is -2.49. The molecule has 8 nitrogen and oxygen atoms in total. The lowest BCUT2D eigenvalue weighted by Gasteiger charge is -2.38. The first-order valence-corrected chi connectivity index (χ1v) is 13.3. The number of likely N-dealkylation sites (N-methyl/N-ethyl adjacent to an activating group) is 1. The van der Waals surface area contributed by atoms with Crippen LogP contribution in [0.4, 0.5) is 26.1 Å². The van der Waals surface area contributed by atoms with Crippen LogP contribution in [0.15, 0.2) is 48.8 Å². The van der Waals surface area contributed by atoms with Crippen LogP contribution in [0.25, 0.3) is 0 Å². The van der Waals surface area contributed by atoms with Crippen LogP contribution in [0, 0.1) is 11.6 Å². The highest BCUT2D eigenvalue weighted by Crippen LogP contribution is 2.32. The van der Waals surface area contributed by atoms with Gasteiger partial charge in [0.25, 0.3) is 0 Å². The van der Waals surface area contributed by atoms with Crippen LogP contribution in [-0.4, -0.2) is 79.7 Å². The third-order valence-electron chi connectivity index (χ3n) is 7.24. The Morgan fingerprint density at radius 3 is 2.38 bits per heavy atom. The first-order chi connectivity index (χ1) is 18.9. The first-order valence-electron chi connectivity index (χ1n) is 13.3. The molecule has 0 radical (unpaired) electrons. The minimum atomic E-state index is -0.655. The summed E-state index contributed by atoms with van der Waals surface area (Å²) in [6, 6.07) is 10.2. The standard InChI is InChI=1S/C29H38F2N6O2/c1-5-22(37-15-13-35(2)14-16-37)11-12-36(3)27-10-9-21(17-28(27)38-4)34-29-32-18-23(19-33-29)39-20-24-25(30)7-6-8-26(24)31/h6-10,17-19,22H,5,11-16,20H2,1-4H3,(H,32,33,34). The Morgan fingerprint density at radius 2 is 1.74 bits per heavy atom. The highest BCUT2D eigenvalue weighted by Gasteiger charge is 2.22. The number of aromatic nitrogens is 2. The number of hydrogen-bond acceptors (Lipinski definition) is 8. The molecule has 1 unspecified atom stereocenters. The number of piperazine rings is 1. The predicted octanol–water partition coefficient (Wildman–Crippen LogP) is 4.94. The second kappa shape index (κ2) is 13.5. The van der Waals surface area contributed by atoms with Crippen molar-refractivity contribution in [2.24, 2.45) is 0 Å². The zero-order chi connectivity index (χ0) is 27.8. The van der Waals surface area contributed by atoms with Gasteiger partial charge in [-0.05, 0) is 44.2 Å². The number of rotatable bonds is 12. The Labute approximate surface area is 229 Å². The average Bonchev–Trinajstić information content (AvgIpc) is 2.94. The first kappa shape index (κ1) is 28.5. The lowest BCUT2D eigenvalue weighted by atomic mass is 10.1. The van der Waals surface area contributed by atoms with E-state index in [2.05, 4.69) is 51.0 Å². The van der Waals surface area contributed by atoms with Gasteiger partial charge in [-0.1, -0.05) is 13.0 Å². The smallest absolute Gasteiger partial charge is 0.227 e. The van der Waals surface area contributed by atoms with Crippen molar-refractivity contribution >= 4 is 17.3 Å². The minimum absolute atomic E-state index is 0.138. The van der Waals surface area contributed by atoms with Gasteiger partial charge in [-0.15, -0.1) is 0 Å². The summed E-state index contributed by atoms with van der Waals surface area (Å²) in [4.78, 5) is 15.8. The number of ether oxygens (including phenoxy) is 2. The number of hydrogen-bond donors (Lipinski definition) is 1. The van der Waals surface area contributed by atoms with Gasteiger partial charge in [0.1, 0.15) is 24.0 Å². The molecule has 0 saturated carbocycles. The summed E-state index contributed by atoms with van der Waals surface area (Å²) in [7, 11) is 5.94. The van der Waals surface area contributed by atoms with E-state index in [1.54, 1.807) is 7.11 Å². The number of halogens is 2. The Kier molecular flexibility index (Phi) is 9.89. The summed E-state index contributed by atoms with van der Waals surface area (Å²) >= 11 is 0. The maximum atomic E-state index is 13.8. The molecule has 210 valence electrons. The zero-order valence-corrected chi connectivity index (χ0v) is 23.2. The van der Waals surface area contributed by atoms with E-state index in [9.17, 15) is 8.78 Å². The van der Waals surface area contributed by atoms with E-state index >= 15 is 0 Å². The van der Waals surface area contributed by atoms with Crippen molar-refractivity contribution in [3.63, 3.8) is 0 Å². The van der Waals surface area contributed by atoms with Crippen LogP contribution in [0.5, 0.6) is 11.5 Å². The molecule has 3 aromatic rings. The van der Waals surface area contributed by atoms with E-state index in [0.717, 1.165) is 62.7 Å². The Balaban J connectivity index is 1.33. The van der Waals surface area contributed by atoms with Crippen molar-refractivity contribution < 1.29 is 18.3 Å². The number of nitrogens with one attached hydrogen (secondary N) is 1. The number of anilines is 3. The zero-order valence-electron chi connectivity index (χ0n) is 23.2. The Morgan fingerprint density at radius 1 is 1.05 bits per heavy atom. The molecular weight excluding hydrogens is 502 g/mol. The van der Waals surface area contributed by atoms with Gasteiger partial charge in [0, 0.05) is 57.6 Å². The van der Waals surface area contributed by atoms with Crippen molar-refractivity contribution in [3.8, 4) is 11.5 Å². The fourth-order valence-corrected chi connectivity index (χ4v) is 4.78. The van der Waals surface area contributed by atoms with Gasteiger partial charge in [-0.3, -0.25) is 4.90 Å². The molecule has 2 heterocycles.